The summed E-state index contributed by atoms with van der Waals surface area (Å²) in [5.74, 6) is 0. The van der Waals surface area contributed by atoms with Gasteiger partial charge in [-0.3, -0.25) is 15.0 Å². The molecule has 2 amide bonds. The molecule has 7 nitrogen and oxygen atoms in total. The summed E-state index contributed by atoms with van der Waals surface area (Å²) in [7, 11) is 0. The maximum atomic E-state index is 12.4. The lowest BCUT2D eigenvalue weighted by Crippen LogP contribution is -2.45. The molecule has 3 rings (SSSR count). The fourth-order valence-corrected chi connectivity index (χ4v) is 4.31. The Balaban J connectivity index is 1.63. The molecule has 1 aliphatic heterocycles. The van der Waals surface area contributed by atoms with Crippen molar-refractivity contribution in [1.29, 1.82) is 0 Å². The Morgan fingerprint density at radius 1 is 1.23 bits per heavy atom. The number of nitrogens with zero attached hydrogens (tertiary/aromatic N) is 2. The number of non-ortho nitro benzene ring substituents is 1. The number of anilines is 1. The summed E-state index contributed by atoms with van der Waals surface area (Å²) in [6.07, 6.45) is 2.37. The normalized spacial score (nSPS) is 16.8. The Hall–Kier alpha value is -2.45. The molecule has 0 spiro atoms. The molecule has 1 aromatic heterocycles. The highest BCUT2D eigenvalue weighted by atomic mass is 32.1. The number of amides is 2. The highest BCUT2D eigenvalue weighted by Gasteiger charge is 2.30. The first kappa shape index (κ1) is 18.3. The van der Waals surface area contributed by atoms with Crippen LogP contribution in [0.1, 0.15) is 30.7 Å². The van der Waals surface area contributed by atoms with Crippen LogP contribution in [0.3, 0.4) is 0 Å². The van der Waals surface area contributed by atoms with Crippen LogP contribution in [0.2, 0.25) is 0 Å². The molecule has 0 unspecified atom stereocenters. The summed E-state index contributed by atoms with van der Waals surface area (Å²) in [5, 5.41) is 18.5. The van der Waals surface area contributed by atoms with Crippen molar-refractivity contribution in [2.75, 3.05) is 18.4 Å². The van der Waals surface area contributed by atoms with Gasteiger partial charge in [0.2, 0.25) is 0 Å². The van der Waals surface area contributed by atoms with Gasteiger partial charge in [0.05, 0.1) is 11.0 Å². The molecule has 2 heterocycles. The first-order valence-corrected chi connectivity index (χ1v) is 9.52. The number of thiophene rings is 1. The minimum absolute atomic E-state index is 0.00359. The van der Waals surface area contributed by atoms with Crippen LogP contribution in [0.5, 0.6) is 0 Å². The van der Waals surface area contributed by atoms with E-state index in [0.29, 0.717) is 5.69 Å². The van der Waals surface area contributed by atoms with Crippen molar-refractivity contribution < 1.29 is 9.72 Å². The van der Waals surface area contributed by atoms with Crippen molar-refractivity contribution >= 4 is 28.7 Å². The number of rotatable bonds is 6. The summed E-state index contributed by atoms with van der Waals surface area (Å²) in [4.78, 5) is 26.3. The van der Waals surface area contributed by atoms with Gasteiger partial charge in [0.1, 0.15) is 0 Å². The SMILES string of the molecule is C[C@@H](NC(=O)Nc1ccc([N+](=O)[O-])cc1)[C@@H](c1cccs1)N1CCCC1. The zero-order valence-electron chi connectivity index (χ0n) is 14.6. The average Bonchev–Trinajstić information content (AvgIpc) is 3.30. The van der Waals surface area contributed by atoms with Crippen LogP contribution >= 0.6 is 11.3 Å². The van der Waals surface area contributed by atoms with Crippen LogP contribution in [0.25, 0.3) is 0 Å². The summed E-state index contributed by atoms with van der Waals surface area (Å²) in [6.45, 7) is 4.09. The molecule has 0 aliphatic carbocycles. The molecule has 8 heteroatoms. The number of nitro groups is 1. The largest absolute Gasteiger partial charge is 0.333 e. The quantitative estimate of drug-likeness (QED) is 0.591. The third-order valence-electron chi connectivity index (χ3n) is 4.54. The van der Waals surface area contributed by atoms with E-state index >= 15 is 0 Å². The number of carbonyl (C=O) groups is 1. The van der Waals surface area contributed by atoms with E-state index in [9.17, 15) is 14.9 Å². The molecule has 2 atom stereocenters. The minimum Gasteiger partial charge on any atom is -0.333 e. The predicted molar refractivity (Wildman–Crippen MR) is 103 cm³/mol. The van der Waals surface area contributed by atoms with Crippen molar-refractivity contribution in [1.82, 2.24) is 10.2 Å². The fourth-order valence-electron chi connectivity index (χ4n) is 3.34. The van der Waals surface area contributed by atoms with Gasteiger partial charge in [0.15, 0.2) is 0 Å². The molecular formula is C18H22N4O3S. The molecule has 138 valence electrons. The van der Waals surface area contributed by atoms with E-state index in [-0.39, 0.29) is 23.8 Å². The number of carbonyl (C=O) groups excluding carboxylic acids is 1. The first-order valence-electron chi connectivity index (χ1n) is 8.64. The monoisotopic (exact) mass is 374 g/mol. The number of urea groups is 1. The highest BCUT2D eigenvalue weighted by Crippen LogP contribution is 2.31. The lowest BCUT2D eigenvalue weighted by molar-refractivity contribution is -0.384. The van der Waals surface area contributed by atoms with E-state index in [1.54, 1.807) is 11.3 Å². The van der Waals surface area contributed by atoms with E-state index in [0.717, 1.165) is 13.1 Å². The molecule has 2 aromatic rings. The summed E-state index contributed by atoms with van der Waals surface area (Å²) >= 11 is 1.70. The third-order valence-corrected chi connectivity index (χ3v) is 5.48. The number of hydrogen-bond acceptors (Lipinski definition) is 5. The second-order valence-electron chi connectivity index (χ2n) is 6.39. The van der Waals surface area contributed by atoms with Crippen LogP contribution < -0.4 is 10.6 Å². The minimum atomic E-state index is -0.465. The zero-order valence-corrected chi connectivity index (χ0v) is 15.4. The third kappa shape index (κ3) is 4.39. The summed E-state index contributed by atoms with van der Waals surface area (Å²) in [5.41, 5.74) is 0.519. The van der Waals surface area contributed by atoms with Crippen molar-refractivity contribution in [3.63, 3.8) is 0 Å². The van der Waals surface area contributed by atoms with E-state index in [1.807, 2.05) is 13.0 Å². The number of likely N-dealkylation sites (tertiary alicyclic amines) is 1. The fraction of sp³-hybridized carbons (Fsp3) is 0.389. The van der Waals surface area contributed by atoms with Gasteiger partial charge in [0, 0.05) is 28.7 Å². The van der Waals surface area contributed by atoms with Crippen LogP contribution in [0, 0.1) is 10.1 Å². The van der Waals surface area contributed by atoms with Gasteiger partial charge >= 0.3 is 6.03 Å². The Morgan fingerprint density at radius 2 is 1.92 bits per heavy atom. The predicted octanol–water partition coefficient (Wildman–Crippen LogP) is 4.00. The highest BCUT2D eigenvalue weighted by molar-refractivity contribution is 7.10. The summed E-state index contributed by atoms with van der Waals surface area (Å²) in [6, 6.07) is 9.72. The van der Waals surface area contributed by atoms with Crippen molar-refractivity contribution in [3.05, 3.63) is 56.8 Å². The summed E-state index contributed by atoms with van der Waals surface area (Å²) < 4.78 is 0. The number of benzene rings is 1. The standard InChI is InChI=1S/C18H22N4O3S/c1-13(17(16-5-4-12-26-16)21-10-2-3-11-21)19-18(23)20-14-6-8-15(9-7-14)22(24)25/h4-9,12-13,17H,2-3,10-11H2,1H3,(H2,19,20,23)/t13-,17+/m1/s1. The van der Waals surface area contributed by atoms with Crippen molar-refractivity contribution in [3.8, 4) is 0 Å². The van der Waals surface area contributed by atoms with E-state index < -0.39 is 4.92 Å². The molecular weight excluding hydrogens is 352 g/mol. The molecule has 26 heavy (non-hydrogen) atoms. The van der Waals surface area contributed by atoms with Crippen LogP contribution in [-0.2, 0) is 0 Å². The Labute approximate surface area is 156 Å². The molecule has 2 N–H and O–H groups in total. The lowest BCUT2D eigenvalue weighted by Gasteiger charge is -2.32. The lowest BCUT2D eigenvalue weighted by atomic mass is 10.1. The molecule has 1 aromatic carbocycles. The maximum Gasteiger partial charge on any atom is 0.319 e. The number of nitrogens with one attached hydrogen (secondary N) is 2. The van der Waals surface area contributed by atoms with Crippen LogP contribution in [-0.4, -0.2) is 35.0 Å². The van der Waals surface area contributed by atoms with Gasteiger partial charge in [-0.2, -0.15) is 0 Å². The molecule has 1 aliphatic rings. The Morgan fingerprint density at radius 3 is 2.50 bits per heavy atom. The second kappa shape index (κ2) is 8.29. The number of hydrogen-bond donors (Lipinski definition) is 2. The Bertz CT molecular complexity index is 742. The molecule has 0 radical (unpaired) electrons. The van der Waals surface area contributed by atoms with Crippen molar-refractivity contribution in [2.45, 2.75) is 31.8 Å². The topological polar surface area (TPSA) is 87.5 Å². The van der Waals surface area contributed by atoms with Crippen LogP contribution in [0.4, 0.5) is 16.2 Å². The smallest absolute Gasteiger partial charge is 0.319 e. The van der Waals surface area contributed by atoms with E-state index in [4.69, 9.17) is 0 Å². The average molecular weight is 374 g/mol. The molecule has 0 bridgehead atoms. The van der Waals surface area contributed by atoms with E-state index in [1.165, 1.54) is 42.0 Å². The number of nitro benzene ring substituents is 1. The zero-order chi connectivity index (χ0) is 18.5. The van der Waals surface area contributed by atoms with Gasteiger partial charge in [-0.05, 0) is 56.4 Å². The first-order chi connectivity index (χ1) is 12.5. The van der Waals surface area contributed by atoms with Gasteiger partial charge in [0.25, 0.3) is 5.69 Å². The Kier molecular flexibility index (Phi) is 5.85. The van der Waals surface area contributed by atoms with Gasteiger partial charge in [-0.1, -0.05) is 6.07 Å². The van der Waals surface area contributed by atoms with Crippen LogP contribution in [0.15, 0.2) is 41.8 Å². The van der Waals surface area contributed by atoms with Crippen molar-refractivity contribution in [2.24, 2.45) is 0 Å². The maximum absolute atomic E-state index is 12.4. The molecule has 1 fully saturated rings. The molecule has 1 saturated heterocycles. The van der Waals surface area contributed by atoms with Gasteiger partial charge in [-0.15, -0.1) is 11.3 Å². The molecule has 0 saturated carbocycles. The van der Waals surface area contributed by atoms with Gasteiger partial charge in [-0.25, -0.2) is 4.79 Å². The van der Waals surface area contributed by atoms with Gasteiger partial charge < -0.3 is 10.6 Å². The second-order valence-corrected chi connectivity index (χ2v) is 7.37. The van der Waals surface area contributed by atoms with E-state index in [2.05, 4.69) is 27.0 Å².